The molecule has 0 atom stereocenters. The molecule has 3 heterocycles. The molecule has 0 radical (unpaired) electrons. The standard InChI is InChI=1S/C76H52N6/c1-5-21-53(22-6-1)73-74(54-23-7-2-8-24-54)78-76(56-39-43-60(44-40-56)80(58-27-11-4-12-28-58)62-47-51-64(52-48-62)82-71-35-19-15-31-67(71)68-32-16-20-36-72(68)82)75(77-73)55-37-41-59(42-38-55)79(57-25-9-3-10-26-57)61-45-49-63(50-46-61)81-69-33-17-13-29-65(69)66-30-14-18-34-70(66)81/h1-52H. The Bertz CT molecular complexity index is 4330. The van der Waals surface area contributed by atoms with Crippen molar-refractivity contribution >= 4 is 77.7 Å². The summed E-state index contributed by atoms with van der Waals surface area (Å²) in [5.74, 6) is 0. The van der Waals surface area contributed by atoms with Crippen LogP contribution in [0.2, 0.25) is 0 Å². The largest absolute Gasteiger partial charge is 0.311 e. The number of anilines is 6. The molecule has 0 aliphatic heterocycles. The molecule has 15 rings (SSSR count). The molecule has 0 fully saturated rings. The van der Waals surface area contributed by atoms with E-state index in [2.05, 4.69) is 322 Å². The lowest BCUT2D eigenvalue weighted by atomic mass is 9.99. The molecule has 82 heavy (non-hydrogen) atoms. The van der Waals surface area contributed by atoms with Crippen molar-refractivity contribution < 1.29 is 0 Å². The number of hydrogen-bond donors (Lipinski definition) is 0. The van der Waals surface area contributed by atoms with Crippen LogP contribution >= 0.6 is 0 Å². The van der Waals surface area contributed by atoms with Crippen LogP contribution in [-0.4, -0.2) is 19.1 Å². The Kier molecular flexibility index (Phi) is 12.1. The predicted molar refractivity (Wildman–Crippen MR) is 342 cm³/mol. The fourth-order valence-corrected chi connectivity index (χ4v) is 11.9. The summed E-state index contributed by atoms with van der Waals surface area (Å²) in [4.78, 5) is 16.0. The number of fused-ring (bicyclic) bond motifs is 6. The number of hydrogen-bond acceptors (Lipinski definition) is 4. The van der Waals surface area contributed by atoms with Crippen LogP contribution in [-0.2, 0) is 0 Å². The summed E-state index contributed by atoms with van der Waals surface area (Å²) >= 11 is 0. The fourth-order valence-electron chi connectivity index (χ4n) is 11.9. The minimum Gasteiger partial charge on any atom is -0.311 e. The second kappa shape index (κ2) is 20.6. The lowest BCUT2D eigenvalue weighted by molar-refractivity contribution is 1.17. The highest BCUT2D eigenvalue weighted by Crippen LogP contribution is 2.43. The van der Waals surface area contributed by atoms with Crippen molar-refractivity contribution in [1.29, 1.82) is 0 Å². The summed E-state index contributed by atoms with van der Waals surface area (Å²) in [7, 11) is 0. The number of para-hydroxylation sites is 6. The molecule has 6 nitrogen and oxygen atoms in total. The van der Waals surface area contributed by atoms with Crippen LogP contribution < -0.4 is 9.80 Å². The van der Waals surface area contributed by atoms with Crippen LogP contribution in [0.25, 0.3) is 100 Å². The second-order valence-electron chi connectivity index (χ2n) is 20.6. The number of nitrogens with zero attached hydrogens (tertiary/aromatic N) is 6. The lowest BCUT2D eigenvalue weighted by Crippen LogP contribution is -2.10. The van der Waals surface area contributed by atoms with Crippen molar-refractivity contribution in [3.63, 3.8) is 0 Å². The molecule has 12 aromatic carbocycles. The molecule has 0 aliphatic carbocycles. The zero-order valence-corrected chi connectivity index (χ0v) is 44.7. The molecule has 0 N–H and O–H groups in total. The average molecular weight is 1050 g/mol. The predicted octanol–water partition coefficient (Wildman–Crippen LogP) is 20.3. The van der Waals surface area contributed by atoms with Crippen molar-refractivity contribution in [3.8, 4) is 56.4 Å². The van der Waals surface area contributed by atoms with Gasteiger partial charge in [-0.2, -0.15) is 0 Å². The first-order chi connectivity index (χ1) is 40.7. The third kappa shape index (κ3) is 8.54. The molecule has 0 amide bonds. The first-order valence-corrected chi connectivity index (χ1v) is 27.8. The topological polar surface area (TPSA) is 42.1 Å². The summed E-state index contributed by atoms with van der Waals surface area (Å²) in [5, 5.41) is 4.97. The Balaban J connectivity index is 0.828. The zero-order chi connectivity index (χ0) is 54.3. The van der Waals surface area contributed by atoms with Gasteiger partial charge in [0.2, 0.25) is 0 Å². The van der Waals surface area contributed by atoms with Gasteiger partial charge in [-0.05, 0) is 121 Å². The van der Waals surface area contributed by atoms with Gasteiger partial charge >= 0.3 is 0 Å². The highest BCUT2D eigenvalue weighted by molar-refractivity contribution is 6.10. The Morgan fingerprint density at radius 1 is 0.195 bits per heavy atom. The molecular formula is C76H52N6. The first kappa shape index (κ1) is 48.1. The average Bonchev–Trinajstić information content (AvgIpc) is 4.30. The van der Waals surface area contributed by atoms with Gasteiger partial charge in [0.05, 0.1) is 44.8 Å². The van der Waals surface area contributed by atoms with Gasteiger partial charge in [-0.3, -0.25) is 0 Å². The van der Waals surface area contributed by atoms with Gasteiger partial charge < -0.3 is 18.9 Å². The highest BCUT2D eigenvalue weighted by atomic mass is 15.1. The van der Waals surface area contributed by atoms with E-state index in [9.17, 15) is 0 Å². The zero-order valence-electron chi connectivity index (χ0n) is 44.7. The SMILES string of the molecule is c1ccc(-c2nc(-c3ccc(N(c4ccccc4)c4ccc(-n5c6ccccc6c6ccccc65)cc4)cc3)c(-c3ccc(N(c4ccccc4)c4ccc(-n5c6ccccc6c6ccccc65)cc4)cc3)nc2-c2ccccc2)cc1. The molecule has 0 saturated carbocycles. The number of rotatable bonds is 12. The summed E-state index contributed by atoms with van der Waals surface area (Å²) in [6.07, 6.45) is 0. The van der Waals surface area contributed by atoms with Crippen LogP contribution in [0.5, 0.6) is 0 Å². The van der Waals surface area contributed by atoms with Crippen molar-refractivity contribution in [1.82, 2.24) is 19.1 Å². The molecular weight excluding hydrogens is 997 g/mol. The van der Waals surface area contributed by atoms with E-state index in [0.717, 1.165) is 90.5 Å². The van der Waals surface area contributed by atoms with Gasteiger partial charge in [0.25, 0.3) is 0 Å². The van der Waals surface area contributed by atoms with Gasteiger partial charge in [-0.15, -0.1) is 0 Å². The third-order valence-corrected chi connectivity index (χ3v) is 15.7. The molecule has 3 aromatic heterocycles. The summed E-state index contributed by atoms with van der Waals surface area (Å²) in [6, 6.07) is 112. The molecule has 0 bridgehead atoms. The molecule has 0 saturated heterocycles. The molecule has 0 aliphatic rings. The van der Waals surface area contributed by atoms with E-state index in [4.69, 9.17) is 9.97 Å². The Morgan fingerprint density at radius 3 is 0.707 bits per heavy atom. The van der Waals surface area contributed by atoms with E-state index in [1.807, 2.05) is 12.1 Å². The Morgan fingerprint density at radius 2 is 0.415 bits per heavy atom. The lowest BCUT2D eigenvalue weighted by Gasteiger charge is -2.26. The minimum atomic E-state index is 0.792. The third-order valence-electron chi connectivity index (χ3n) is 15.7. The van der Waals surface area contributed by atoms with Crippen LogP contribution in [0.4, 0.5) is 34.1 Å². The molecule has 0 spiro atoms. The van der Waals surface area contributed by atoms with Gasteiger partial charge in [-0.25, -0.2) is 9.97 Å². The normalized spacial score (nSPS) is 11.4. The maximum absolute atomic E-state index is 5.66. The van der Waals surface area contributed by atoms with E-state index in [-0.39, 0.29) is 0 Å². The van der Waals surface area contributed by atoms with E-state index in [0.29, 0.717) is 0 Å². The smallest absolute Gasteiger partial charge is 0.0973 e. The van der Waals surface area contributed by atoms with Crippen LogP contribution in [0.3, 0.4) is 0 Å². The van der Waals surface area contributed by atoms with E-state index >= 15 is 0 Å². The van der Waals surface area contributed by atoms with Crippen molar-refractivity contribution in [2.24, 2.45) is 0 Å². The molecule has 0 unspecified atom stereocenters. The molecule has 6 heteroatoms. The quantitative estimate of drug-likeness (QED) is 0.122. The monoisotopic (exact) mass is 1050 g/mol. The summed E-state index contributed by atoms with van der Waals surface area (Å²) < 4.78 is 4.72. The van der Waals surface area contributed by atoms with Gasteiger partial charge in [0, 0.05) is 89.3 Å². The fraction of sp³-hybridized carbons (Fsp3) is 0. The number of aromatic nitrogens is 4. The van der Waals surface area contributed by atoms with Crippen molar-refractivity contribution in [3.05, 3.63) is 315 Å². The highest BCUT2D eigenvalue weighted by Gasteiger charge is 2.23. The van der Waals surface area contributed by atoms with Crippen LogP contribution in [0.1, 0.15) is 0 Å². The van der Waals surface area contributed by atoms with Crippen molar-refractivity contribution in [2.75, 3.05) is 9.80 Å². The Labute approximate surface area is 476 Å². The van der Waals surface area contributed by atoms with Crippen LogP contribution in [0, 0.1) is 0 Å². The van der Waals surface area contributed by atoms with Gasteiger partial charge in [0.15, 0.2) is 0 Å². The van der Waals surface area contributed by atoms with Gasteiger partial charge in [0.1, 0.15) is 0 Å². The Hall–Kier alpha value is -11.1. The maximum Gasteiger partial charge on any atom is 0.0973 e. The summed E-state index contributed by atoms with van der Waals surface area (Å²) in [5.41, 5.74) is 20.3. The number of benzene rings is 12. The van der Waals surface area contributed by atoms with E-state index in [1.54, 1.807) is 0 Å². The summed E-state index contributed by atoms with van der Waals surface area (Å²) in [6.45, 7) is 0. The van der Waals surface area contributed by atoms with Crippen LogP contribution in [0.15, 0.2) is 315 Å². The minimum absolute atomic E-state index is 0.792. The van der Waals surface area contributed by atoms with Gasteiger partial charge in [-0.1, -0.05) is 194 Å². The van der Waals surface area contributed by atoms with Crippen molar-refractivity contribution in [2.45, 2.75) is 0 Å². The van der Waals surface area contributed by atoms with E-state index in [1.165, 1.54) is 43.6 Å². The molecule has 15 aromatic rings. The molecule has 386 valence electrons. The maximum atomic E-state index is 5.66. The second-order valence-corrected chi connectivity index (χ2v) is 20.6. The first-order valence-electron chi connectivity index (χ1n) is 27.8. The van der Waals surface area contributed by atoms with E-state index < -0.39 is 0 Å².